The summed E-state index contributed by atoms with van der Waals surface area (Å²) in [5.41, 5.74) is 0.328. The number of esters is 1. The minimum absolute atomic E-state index is 0.0104. The number of aromatic carboxylic acids is 2. The van der Waals surface area contributed by atoms with E-state index in [1.54, 1.807) is 19.2 Å². The smallest absolute Gasteiger partial charge is 0.431 e. The van der Waals surface area contributed by atoms with Crippen LogP contribution < -0.4 is 41.2 Å². The fourth-order valence-electron chi connectivity index (χ4n) is 5.60. The Balaban J connectivity index is 0.000000394. The Morgan fingerprint density at radius 2 is 1.36 bits per heavy atom. The molecule has 37 heteroatoms. The zero-order valence-corrected chi connectivity index (χ0v) is 45.1. The monoisotopic (exact) mass is 1250 g/mol. The number of ether oxygens (including phenoxy) is 4. The molecule has 0 spiro atoms. The molecule has 438 valence electrons. The number of amides is 2. The highest BCUT2D eigenvalue weighted by Crippen LogP contribution is 2.36. The van der Waals surface area contributed by atoms with Gasteiger partial charge in [0.15, 0.2) is 13.1 Å². The van der Waals surface area contributed by atoms with E-state index in [2.05, 4.69) is 19.4 Å². The van der Waals surface area contributed by atoms with Gasteiger partial charge in [0.1, 0.15) is 22.2 Å². The topological polar surface area (TPSA) is 374 Å². The highest BCUT2D eigenvalue weighted by atomic mass is 35.5. The van der Waals surface area contributed by atoms with Crippen LogP contribution in [0, 0.1) is 0 Å². The molecule has 2 amide bonds. The third-order valence-electron chi connectivity index (χ3n) is 8.99. The Labute approximate surface area is 460 Å². The van der Waals surface area contributed by atoms with Crippen molar-refractivity contribution in [1.82, 2.24) is 23.8 Å². The van der Waals surface area contributed by atoms with E-state index in [9.17, 15) is 77.3 Å². The lowest BCUT2D eigenvalue weighted by Crippen LogP contribution is -2.40. The van der Waals surface area contributed by atoms with Crippen molar-refractivity contribution in [3.63, 3.8) is 0 Å². The molecule has 8 N–H and O–H groups in total. The van der Waals surface area contributed by atoms with Crippen LogP contribution in [-0.2, 0) is 37.3 Å². The van der Waals surface area contributed by atoms with E-state index in [4.69, 9.17) is 70.2 Å². The standard InChI is InChI=1S/C16H14ClF3N2O4.C14H10F4N4O7S.C8H6Cl2O3.C5H12NO4P/c1-8(2)26-14(24)10-6-9(4-5-11(10)17)22-13(23)7-12(16(18,19)20)21(3)15(22)25;15-11(16)28-8-5-9(29-12(17)18)20-13(19-8)21-14(25)22-30(26,27)7-4-2-1-3-6(7)10(23)24;1-13-7-5(10)3-2-4(9)6(7)8(11)12;1-11(9,10)3-2-4(6)5(7)8/h4-8H,1-3H3;1-5,11-12H,(H,23,24)(H2,19,20,21,22,25);2-3H,1H3,(H,11,12);4H,2-3,6H2,1H3,(H,7,8)(H,9,10). The van der Waals surface area contributed by atoms with Gasteiger partial charge in [0.2, 0.25) is 17.7 Å². The molecule has 0 radical (unpaired) electrons. The van der Waals surface area contributed by atoms with E-state index < -0.39 is 124 Å². The second-order valence-electron chi connectivity index (χ2n) is 15.4. The summed E-state index contributed by atoms with van der Waals surface area (Å²) in [4.78, 5) is 94.9. The molecule has 0 aliphatic carbocycles. The zero-order valence-electron chi connectivity index (χ0n) is 41.1. The summed E-state index contributed by atoms with van der Waals surface area (Å²) >= 11 is 17.3. The minimum Gasteiger partial charge on any atom is -0.494 e. The maximum absolute atomic E-state index is 12.9. The van der Waals surface area contributed by atoms with E-state index in [1.807, 2.05) is 0 Å². The molecule has 2 atom stereocenters. The lowest BCUT2D eigenvalue weighted by atomic mass is 10.2. The molecule has 5 aromatic rings. The van der Waals surface area contributed by atoms with Crippen molar-refractivity contribution < 1.29 is 107 Å². The van der Waals surface area contributed by atoms with Crippen LogP contribution in [-0.4, -0.2) is 123 Å². The molecule has 2 unspecified atom stereocenters. The number of carboxylic acids is 3. The first-order valence-corrected chi connectivity index (χ1v) is 26.1. The van der Waals surface area contributed by atoms with Crippen LogP contribution in [0.1, 0.15) is 57.0 Å². The van der Waals surface area contributed by atoms with Gasteiger partial charge in [-0.05, 0) is 62.7 Å². The zero-order chi connectivity index (χ0) is 61.4. The summed E-state index contributed by atoms with van der Waals surface area (Å²) in [6, 6.07) is 9.00. The molecule has 0 aliphatic rings. The van der Waals surface area contributed by atoms with Gasteiger partial charge in [0.25, 0.3) is 15.6 Å². The van der Waals surface area contributed by atoms with E-state index in [1.165, 1.54) is 54.9 Å². The summed E-state index contributed by atoms with van der Waals surface area (Å²) in [6.07, 6.45) is -5.30. The van der Waals surface area contributed by atoms with Crippen LogP contribution in [0.15, 0.2) is 81.2 Å². The van der Waals surface area contributed by atoms with Gasteiger partial charge in [0, 0.05) is 25.9 Å². The molecule has 0 aliphatic heterocycles. The lowest BCUT2D eigenvalue weighted by Gasteiger charge is -2.15. The number of carbonyl (C=O) groups is 5. The van der Waals surface area contributed by atoms with Crippen molar-refractivity contribution >= 4 is 88.1 Å². The Morgan fingerprint density at radius 3 is 1.82 bits per heavy atom. The third-order valence-corrected chi connectivity index (χ3v) is 12.4. The van der Waals surface area contributed by atoms with Crippen LogP contribution in [0.3, 0.4) is 0 Å². The van der Waals surface area contributed by atoms with Crippen LogP contribution in [0.5, 0.6) is 17.5 Å². The second kappa shape index (κ2) is 29.6. The summed E-state index contributed by atoms with van der Waals surface area (Å²) in [7, 11) is -5.59. The van der Waals surface area contributed by atoms with Gasteiger partial charge >= 0.3 is 55.0 Å². The van der Waals surface area contributed by atoms with Gasteiger partial charge in [-0.15, -0.1) is 0 Å². The Kier molecular flexibility index (Phi) is 25.4. The first-order valence-electron chi connectivity index (χ1n) is 21.2. The molecule has 2 aromatic heterocycles. The molecule has 2 heterocycles. The quantitative estimate of drug-likeness (QED) is 0.0278. The maximum Gasteiger partial charge on any atom is 0.431 e. The van der Waals surface area contributed by atoms with Crippen molar-refractivity contribution in [2.75, 3.05) is 25.3 Å². The highest BCUT2D eigenvalue weighted by molar-refractivity contribution is 7.90. The van der Waals surface area contributed by atoms with Crippen molar-refractivity contribution in [1.29, 1.82) is 0 Å². The minimum atomic E-state index is -4.86. The molecule has 80 heavy (non-hydrogen) atoms. The molecule has 0 bridgehead atoms. The summed E-state index contributed by atoms with van der Waals surface area (Å²) in [5.74, 6) is -7.46. The molecule has 0 fully saturated rings. The van der Waals surface area contributed by atoms with Gasteiger partial charge in [-0.2, -0.15) is 40.7 Å². The van der Waals surface area contributed by atoms with Gasteiger partial charge in [-0.3, -0.25) is 24.0 Å². The molecular formula is C43H42Cl3F7N7O18PS. The largest absolute Gasteiger partial charge is 0.494 e. The van der Waals surface area contributed by atoms with Crippen LogP contribution in [0.4, 0.5) is 41.5 Å². The van der Waals surface area contributed by atoms with Crippen LogP contribution in [0.2, 0.25) is 15.1 Å². The number of halogens is 10. The van der Waals surface area contributed by atoms with Gasteiger partial charge in [-0.1, -0.05) is 46.9 Å². The number of anilines is 1. The van der Waals surface area contributed by atoms with Crippen LogP contribution >= 0.6 is 42.2 Å². The number of urea groups is 1. The van der Waals surface area contributed by atoms with Crippen molar-refractivity contribution in [3.8, 4) is 23.2 Å². The van der Waals surface area contributed by atoms with Gasteiger partial charge < -0.3 is 44.9 Å². The fourth-order valence-corrected chi connectivity index (χ4v) is 8.12. The molecular weight excluding hydrogens is 1200 g/mol. The van der Waals surface area contributed by atoms with Crippen LogP contribution in [0.25, 0.3) is 5.69 Å². The first kappa shape index (κ1) is 68.6. The number of benzene rings is 3. The lowest BCUT2D eigenvalue weighted by molar-refractivity contribution is -0.144. The number of aromatic nitrogens is 4. The third kappa shape index (κ3) is 21.3. The fraction of sp³-hybridized carbons (Fsp3) is 0.279. The Hall–Kier alpha value is -7.55. The van der Waals surface area contributed by atoms with Crippen molar-refractivity contribution in [2.24, 2.45) is 12.8 Å². The van der Waals surface area contributed by atoms with Gasteiger partial charge in [0.05, 0.1) is 51.2 Å². The molecule has 25 nitrogen and oxygen atoms in total. The normalized spacial score (nSPS) is 12.2. The number of aliphatic carboxylic acids is 1. The predicted octanol–water partition coefficient (Wildman–Crippen LogP) is 7.05. The number of nitrogens with one attached hydrogen (secondary N) is 2. The summed E-state index contributed by atoms with van der Waals surface area (Å²) in [5, 5.41) is 28.1. The number of rotatable bonds is 17. The second-order valence-corrected chi connectivity index (χ2v) is 20.8. The number of carboxylic acid groups (broad SMARTS) is 3. The highest BCUT2D eigenvalue weighted by Gasteiger charge is 2.35. The van der Waals surface area contributed by atoms with Crippen molar-refractivity contribution in [2.45, 2.75) is 56.7 Å². The molecule has 0 saturated carbocycles. The number of nitrogens with two attached hydrogens (primary N) is 1. The average Bonchev–Trinajstić information content (AvgIpc) is 3.31. The van der Waals surface area contributed by atoms with Crippen molar-refractivity contribution in [3.05, 3.63) is 125 Å². The predicted molar refractivity (Wildman–Crippen MR) is 267 cm³/mol. The summed E-state index contributed by atoms with van der Waals surface area (Å²) in [6.45, 7) is -2.40. The first-order chi connectivity index (χ1) is 36.8. The van der Waals surface area contributed by atoms with E-state index in [0.717, 1.165) is 25.2 Å². The number of hydrogen-bond acceptors (Lipinski definition) is 17. The molecule has 5 rings (SSSR count). The maximum atomic E-state index is 12.9. The van der Waals surface area contributed by atoms with Gasteiger partial charge in [-0.25, -0.2) is 41.7 Å². The van der Waals surface area contributed by atoms with E-state index in [-0.39, 0.29) is 50.2 Å². The molecule has 3 aromatic carbocycles. The molecule has 0 saturated heterocycles. The number of nitrogens with zero attached hydrogens (tertiary/aromatic N) is 4. The SMILES string of the molecule is CC(C)OC(=O)c1cc(-n2c(=O)cc(C(F)(F)F)n(C)c2=O)ccc1Cl.COc1c(Cl)ccc(Cl)c1C(=O)O.CP(=O)(O)CCC(N)C(=O)O.O=C(Nc1nc(OC(F)F)cc(OC(F)F)n1)NS(=O)(=O)c1ccccc1C(=O)O. The van der Waals surface area contributed by atoms with E-state index in [0.29, 0.717) is 21.3 Å². The summed E-state index contributed by atoms with van der Waals surface area (Å²) < 4.78 is 143. The number of sulfonamides is 1. The number of carbonyl (C=O) groups excluding carboxylic acids is 2. The van der Waals surface area contributed by atoms with E-state index >= 15 is 0 Å². The average molecular weight is 1250 g/mol. The number of alkyl halides is 7. The Morgan fingerprint density at radius 1 is 0.825 bits per heavy atom. The number of methoxy groups -OCH3 is 1. The number of hydrogen-bond donors (Lipinski definition) is 7. The Bertz CT molecular complexity index is 3340.